The molecule has 0 aliphatic rings. The zero-order valence-corrected chi connectivity index (χ0v) is 11.3. The van der Waals surface area contributed by atoms with Crippen molar-refractivity contribution in [1.29, 1.82) is 0 Å². The van der Waals surface area contributed by atoms with Crippen LogP contribution in [0, 0.1) is 5.92 Å². The number of hydrogen-bond acceptors (Lipinski definition) is 2. The van der Waals surface area contributed by atoms with E-state index in [0.717, 1.165) is 19.3 Å². The third kappa shape index (κ3) is 3.89. The van der Waals surface area contributed by atoms with Crippen molar-refractivity contribution >= 4 is 15.9 Å². The summed E-state index contributed by atoms with van der Waals surface area (Å²) in [5.74, 6) is 0.227. The maximum atomic E-state index is 9.05. The molecule has 90 valence electrons. The van der Waals surface area contributed by atoms with Gasteiger partial charge >= 0.3 is 0 Å². The van der Waals surface area contributed by atoms with Gasteiger partial charge in [0.15, 0.2) is 0 Å². The predicted octanol–water partition coefficient (Wildman–Crippen LogP) is 2.51. The fourth-order valence-electron chi connectivity index (χ4n) is 1.69. The number of rotatable bonds is 6. The van der Waals surface area contributed by atoms with Crippen LogP contribution in [0.1, 0.15) is 24.5 Å². The summed E-state index contributed by atoms with van der Waals surface area (Å²) >= 11 is 3.57. The van der Waals surface area contributed by atoms with E-state index in [1.807, 2.05) is 0 Å². The van der Waals surface area contributed by atoms with Crippen LogP contribution in [-0.2, 0) is 12.8 Å². The molecule has 2 nitrogen and oxygen atoms in total. The largest absolute Gasteiger partial charge is 0.396 e. The van der Waals surface area contributed by atoms with E-state index in [0.29, 0.717) is 6.54 Å². The molecular weight excluding hydrogens is 266 g/mol. The molecule has 0 heterocycles. The van der Waals surface area contributed by atoms with Gasteiger partial charge in [-0.05, 0) is 48.9 Å². The Bertz CT molecular complexity index is 324. The maximum absolute atomic E-state index is 9.05. The van der Waals surface area contributed by atoms with Gasteiger partial charge in [0.1, 0.15) is 0 Å². The highest BCUT2D eigenvalue weighted by Crippen LogP contribution is 2.20. The molecule has 3 heteroatoms. The molecule has 1 unspecified atom stereocenters. The fraction of sp³-hybridized carbons (Fsp3) is 0.538. The number of aryl methyl sites for hydroxylation is 2. The molecule has 0 bridgehead atoms. The monoisotopic (exact) mass is 285 g/mol. The van der Waals surface area contributed by atoms with Crippen molar-refractivity contribution in [2.24, 2.45) is 11.7 Å². The van der Waals surface area contributed by atoms with Crippen LogP contribution in [0.2, 0.25) is 0 Å². The molecule has 16 heavy (non-hydrogen) atoms. The van der Waals surface area contributed by atoms with E-state index >= 15 is 0 Å². The molecule has 1 atom stereocenters. The van der Waals surface area contributed by atoms with Gasteiger partial charge in [-0.2, -0.15) is 0 Å². The molecule has 0 aromatic heterocycles. The first kappa shape index (κ1) is 13.7. The van der Waals surface area contributed by atoms with Crippen LogP contribution in [0.15, 0.2) is 22.7 Å². The Morgan fingerprint density at radius 3 is 2.69 bits per heavy atom. The summed E-state index contributed by atoms with van der Waals surface area (Å²) in [6, 6.07) is 6.49. The molecule has 1 aromatic carbocycles. The van der Waals surface area contributed by atoms with Gasteiger partial charge in [0.25, 0.3) is 0 Å². The van der Waals surface area contributed by atoms with Crippen molar-refractivity contribution < 1.29 is 5.11 Å². The lowest BCUT2D eigenvalue weighted by Gasteiger charge is -2.11. The Morgan fingerprint density at radius 2 is 2.19 bits per heavy atom. The zero-order valence-electron chi connectivity index (χ0n) is 9.75. The summed E-state index contributed by atoms with van der Waals surface area (Å²) in [4.78, 5) is 0. The highest BCUT2D eigenvalue weighted by atomic mass is 79.9. The molecule has 0 saturated carbocycles. The molecule has 0 amide bonds. The van der Waals surface area contributed by atoms with E-state index in [9.17, 15) is 0 Å². The molecule has 0 saturated heterocycles. The smallest absolute Gasteiger partial charge is 0.0471 e. The van der Waals surface area contributed by atoms with Gasteiger partial charge in [0.05, 0.1) is 0 Å². The molecule has 0 radical (unpaired) electrons. The topological polar surface area (TPSA) is 46.2 Å². The minimum atomic E-state index is 0.185. The first-order valence-corrected chi connectivity index (χ1v) is 6.58. The van der Waals surface area contributed by atoms with Gasteiger partial charge in [0, 0.05) is 11.1 Å². The van der Waals surface area contributed by atoms with Crippen molar-refractivity contribution in [3.8, 4) is 0 Å². The Balaban J connectivity index is 2.58. The molecule has 1 aromatic rings. The predicted molar refractivity (Wildman–Crippen MR) is 71.5 cm³/mol. The van der Waals surface area contributed by atoms with Gasteiger partial charge < -0.3 is 10.8 Å². The van der Waals surface area contributed by atoms with Crippen molar-refractivity contribution in [1.82, 2.24) is 0 Å². The van der Waals surface area contributed by atoms with E-state index in [1.165, 1.54) is 15.6 Å². The number of aliphatic hydroxyl groups is 1. The van der Waals surface area contributed by atoms with Crippen LogP contribution in [0.5, 0.6) is 0 Å². The van der Waals surface area contributed by atoms with E-state index in [2.05, 4.69) is 41.1 Å². The summed E-state index contributed by atoms with van der Waals surface area (Å²) in [5.41, 5.74) is 8.19. The lowest BCUT2D eigenvalue weighted by Crippen LogP contribution is -2.18. The average molecular weight is 286 g/mol. The highest BCUT2D eigenvalue weighted by molar-refractivity contribution is 9.10. The second-order valence-electron chi connectivity index (χ2n) is 4.10. The van der Waals surface area contributed by atoms with Gasteiger partial charge in [0.2, 0.25) is 0 Å². The number of halogens is 1. The number of aliphatic hydroxyl groups excluding tert-OH is 1. The highest BCUT2D eigenvalue weighted by Gasteiger charge is 2.06. The van der Waals surface area contributed by atoms with Gasteiger partial charge in [-0.3, -0.25) is 0 Å². The Kier molecular flexibility index (Phi) is 6.03. The number of benzene rings is 1. The summed E-state index contributed by atoms with van der Waals surface area (Å²) < 4.78 is 1.18. The van der Waals surface area contributed by atoms with Crippen molar-refractivity contribution in [2.75, 3.05) is 13.2 Å². The molecule has 3 N–H and O–H groups in total. The average Bonchev–Trinajstić information content (AvgIpc) is 2.30. The Morgan fingerprint density at radius 1 is 1.44 bits per heavy atom. The van der Waals surface area contributed by atoms with Crippen molar-refractivity contribution in [3.63, 3.8) is 0 Å². The first-order chi connectivity index (χ1) is 7.71. The van der Waals surface area contributed by atoms with Crippen molar-refractivity contribution in [2.45, 2.75) is 26.2 Å². The SMILES string of the molecule is CCc1ccc(CCC(CN)CO)cc1Br. The summed E-state index contributed by atoms with van der Waals surface area (Å²) in [7, 11) is 0. The van der Waals surface area contributed by atoms with E-state index in [-0.39, 0.29) is 12.5 Å². The Hall–Kier alpha value is -0.380. The van der Waals surface area contributed by atoms with E-state index in [4.69, 9.17) is 10.8 Å². The standard InChI is InChI=1S/C13H20BrNO/c1-2-12-6-5-10(7-13(12)14)3-4-11(8-15)9-16/h5-7,11,16H,2-4,8-9,15H2,1H3. The number of hydrogen-bond donors (Lipinski definition) is 2. The van der Waals surface area contributed by atoms with Crippen LogP contribution in [0.25, 0.3) is 0 Å². The summed E-state index contributed by atoms with van der Waals surface area (Å²) in [6.07, 6.45) is 2.97. The molecule has 0 fully saturated rings. The van der Waals surface area contributed by atoms with Crippen LogP contribution in [0.4, 0.5) is 0 Å². The molecule has 1 rings (SSSR count). The minimum absolute atomic E-state index is 0.185. The number of nitrogens with two attached hydrogens (primary N) is 1. The first-order valence-electron chi connectivity index (χ1n) is 5.79. The van der Waals surface area contributed by atoms with Gasteiger partial charge in [-0.1, -0.05) is 35.0 Å². The van der Waals surface area contributed by atoms with Crippen LogP contribution in [-0.4, -0.2) is 18.3 Å². The minimum Gasteiger partial charge on any atom is -0.396 e. The molecule has 0 aliphatic heterocycles. The summed E-state index contributed by atoms with van der Waals surface area (Å²) in [6.45, 7) is 2.89. The van der Waals surface area contributed by atoms with E-state index in [1.54, 1.807) is 0 Å². The second kappa shape index (κ2) is 7.05. The third-order valence-electron chi connectivity index (χ3n) is 2.93. The molecule has 0 aliphatic carbocycles. The quantitative estimate of drug-likeness (QED) is 0.844. The normalized spacial score (nSPS) is 12.8. The van der Waals surface area contributed by atoms with Gasteiger partial charge in [-0.15, -0.1) is 0 Å². The lowest BCUT2D eigenvalue weighted by atomic mass is 9.99. The van der Waals surface area contributed by atoms with E-state index < -0.39 is 0 Å². The maximum Gasteiger partial charge on any atom is 0.0471 e. The molecule has 0 spiro atoms. The molecular formula is C13H20BrNO. The zero-order chi connectivity index (χ0) is 12.0. The fourth-order valence-corrected chi connectivity index (χ4v) is 2.39. The summed E-state index contributed by atoms with van der Waals surface area (Å²) in [5, 5.41) is 9.05. The van der Waals surface area contributed by atoms with Crippen LogP contribution >= 0.6 is 15.9 Å². The lowest BCUT2D eigenvalue weighted by molar-refractivity contribution is 0.223. The third-order valence-corrected chi connectivity index (χ3v) is 3.67. The van der Waals surface area contributed by atoms with Gasteiger partial charge in [-0.25, -0.2) is 0 Å². The van der Waals surface area contributed by atoms with Crippen LogP contribution in [0.3, 0.4) is 0 Å². The second-order valence-corrected chi connectivity index (χ2v) is 4.96. The van der Waals surface area contributed by atoms with Crippen LogP contribution < -0.4 is 5.73 Å². The van der Waals surface area contributed by atoms with Crippen molar-refractivity contribution in [3.05, 3.63) is 33.8 Å². The Labute approximate surface area is 106 Å².